The first-order chi connectivity index (χ1) is 10.1. The number of thiazole rings is 1. The maximum Gasteiger partial charge on any atom is 0.309 e. The fourth-order valence-electron chi connectivity index (χ4n) is 2.54. The second-order valence-electron chi connectivity index (χ2n) is 5.76. The van der Waals surface area contributed by atoms with Crippen molar-refractivity contribution in [2.45, 2.75) is 26.3 Å². The minimum atomic E-state index is -0.684. The number of carboxylic acids is 1. The molecule has 0 saturated carbocycles. The minimum Gasteiger partial charge on any atom is -0.481 e. The highest BCUT2D eigenvalue weighted by atomic mass is 32.1. The van der Waals surface area contributed by atoms with Gasteiger partial charge in [-0.2, -0.15) is 0 Å². The third kappa shape index (κ3) is 3.01. The van der Waals surface area contributed by atoms with E-state index in [1.807, 2.05) is 24.4 Å². The van der Waals surface area contributed by atoms with Gasteiger partial charge in [-0.3, -0.25) is 9.69 Å². The van der Waals surface area contributed by atoms with Crippen LogP contribution in [0.5, 0.6) is 0 Å². The largest absolute Gasteiger partial charge is 0.481 e. The van der Waals surface area contributed by atoms with Crippen LogP contribution >= 0.6 is 11.3 Å². The van der Waals surface area contributed by atoms with Crippen LogP contribution in [0.25, 0.3) is 10.8 Å². The molecule has 0 radical (unpaired) electrons. The van der Waals surface area contributed by atoms with Gasteiger partial charge in [0.15, 0.2) is 10.8 Å². The van der Waals surface area contributed by atoms with Gasteiger partial charge in [0.25, 0.3) is 0 Å². The molecule has 21 heavy (non-hydrogen) atoms. The van der Waals surface area contributed by atoms with E-state index in [4.69, 9.17) is 4.42 Å². The molecule has 1 aliphatic rings. The Bertz CT molecular complexity index is 613. The number of aliphatic carboxylic acids is 1. The van der Waals surface area contributed by atoms with Gasteiger partial charge in [-0.25, -0.2) is 4.98 Å². The predicted octanol–water partition coefficient (Wildman–Crippen LogP) is 3.09. The standard InChI is InChI=1S/C15H18N2O3S/c1-15(14(18)19)4-6-17(7-5-15)9-11-10-21-13(16-11)12-3-2-8-20-12/h2-3,8,10H,4-7,9H2,1H3,(H,18,19). The number of piperidine rings is 1. The van der Waals surface area contributed by atoms with Crippen molar-refractivity contribution in [1.29, 1.82) is 0 Å². The monoisotopic (exact) mass is 306 g/mol. The van der Waals surface area contributed by atoms with Gasteiger partial charge in [-0.15, -0.1) is 11.3 Å². The predicted molar refractivity (Wildman–Crippen MR) is 80.1 cm³/mol. The fraction of sp³-hybridized carbons (Fsp3) is 0.467. The number of carbonyl (C=O) groups is 1. The van der Waals surface area contributed by atoms with Crippen molar-refractivity contribution in [3.63, 3.8) is 0 Å². The molecular formula is C15H18N2O3S. The van der Waals surface area contributed by atoms with Crippen molar-refractivity contribution in [1.82, 2.24) is 9.88 Å². The van der Waals surface area contributed by atoms with Gasteiger partial charge in [-0.05, 0) is 45.0 Å². The van der Waals surface area contributed by atoms with E-state index in [0.717, 1.165) is 36.1 Å². The van der Waals surface area contributed by atoms with E-state index in [-0.39, 0.29) is 0 Å². The molecule has 0 aromatic carbocycles. The molecule has 3 rings (SSSR count). The van der Waals surface area contributed by atoms with Crippen molar-refractivity contribution >= 4 is 17.3 Å². The molecule has 1 aliphatic heterocycles. The number of rotatable bonds is 4. The molecule has 6 heteroatoms. The summed E-state index contributed by atoms with van der Waals surface area (Å²) in [7, 11) is 0. The van der Waals surface area contributed by atoms with Crippen molar-refractivity contribution in [3.05, 3.63) is 29.5 Å². The topological polar surface area (TPSA) is 66.6 Å². The molecule has 1 fully saturated rings. The van der Waals surface area contributed by atoms with E-state index < -0.39 is 11.4 Å². The number of aromatic nitrogens is 1. The molecule has 2 aromatic heterocycles. The van der Waals surface area contributed by atoms with Crippen molar-refractivity contribution < 1.29 is 14.3 Å². The zero-order chi connectivity index (χ0) is 14.9. The highest BCUT2D eigenvalue weighted by Gasteiger charge is 2.36. The van der Waals surface area contributed by atoms with Crippen LogP contribution in [0.2, 0.25) is 0 Å². The Kier molecular flexibility index (Phi) is 3.82. The third-order valence-corrected chi connectivity index (χ3v) is 5.05. The van der Waals surface area contributed by atoms with Crippen LogP contribution < -0.4 is 0 Å². The molecular weight excluding hydrogens is 288 g/mol. The highest BCUT2D eigenvalue weighted by molar-refractivity contribution is 7.13. The van der Waals surface area contributed by atoms with Crippen molar-refractivity contribution in [2.24, 2.45) is 5.41 Å². The molecule has 2 aromatic rings. The summed E-state index contributed by atoms with van der Waals surface area (Å²) in [5, 5.41) is 12.2. The lowest BCUT2D eigenvalue weighted by molar-refractivity contribution is -0.150. The fourth-order valence-corrected chi connectivity index (χ4v) is 3.32. The second-order valence-corrected chi connectivity index (χ2v) is 6.62. The Hall–Kier alpha value is -1.66. The van der Waals surface area contributed by atoms with Gasteiger partial charge in [-0.1, -0.05) is 0 Å². The number of hydrogen-bond acceptors (Lipinski definition) is 5. The molecule has 0 atom stereocenters. The van der Waals surface area contributed by atoms with E-state index in [1.54, 1.807) is 17.6 Å². The number of hydrogen-bond donors (Lipinski definition) is 1. The lowest BCUT2D eigenvalue weighted by Crippen LogP contribution is -2.42. The highest BCUT2D eigenvalue weighted by Crippen LogP contribution is 2.32. The Morgan fingerprint density at radius 2 is 2.29 bits per heavy atom. The molecule has 5 nitrogen and oxygen atoms in total. The quantitative estimate of drug-likeness (QED) is 0.940. The smallest absolute Gasteiger partial charge is 0.309 e. The maximum absolute atomic E-state index is 11.2. The number of carboxylic acid groups (broad SMARTS) is 1. The average Bonchev–Trinajstić information content (AvgIpc) is 3.12. The van der Waals surface area contributed by atoms with Crippen LogP contribution in [-0.2, 0) is 11.3 Å². The zero-order valence-electron chi connectivity index (χ0n) is 11.9. The zero-order valence-corrected chi connectivity index (χ0v) is 12.7. The lowest BCUT2D eigenvalue weighted by atomic mass is 9.80. The summed E-state index contributed by atoms with van der Waals surface area (Å²) in [6.07, 6.45) is 3.03. The van der Waals surface area contributed by atoms with Crippen LogP contribution in [0.15, 0.2) is 28.2 Å². The van der Waals surface area contributed by atoms with Crippen LogP contribution in [0.4, 0.5) is 0 Å². The third-order valence-electron chi connectivity index (χ3n) is 4.15. The van der Waals surface area contributed by atoms with Gasteiger partial charge in [0.2, 0.25) is 0 Å². The van der Waals surface area contributed by atoms with Gasteiger partial charge < -0.3 is 9.52 Å². The summed E-state index contributed by atoms with van der Waals surface area (Å²) in [4.78, 5) is 18.1. The summed E-state index contributed by atoms with van der Waals surface area (Å²) in [5.74, 6) is 0.110. The van der Waals surface area contributed by atoms with E-state index >= 15 is 0 Å². The first-order valence-corrected chi connectivity index (χ1v) is 7.89. The van der Waals surface area contributed by atoms with Crippen LogP contribution in [-0.4, -0.2) is 34.0 Å². The van der Waals surface area contributed by atoms with Crippen molar-refractivity contribution in [2.75, 3.05) is 13.1 Å². The van der Waals surface area contributed by atoms with Gasteiger partial charge in [0, 0.05) is 11.9 Å². The lowest BCUT2D eigenvalue weighted by Gasteiger charge is -2.36. The average molecular weight is 306 g/mol. The van der Waals surface area contributed by atoms with Crippen LogP contribution in [0, 0.1) is 5.41 Å². The molecule has 112 valence electrons. The van der Waals surface area contributed by atoms with E-state index in [9.17, 15) is 9.90 Å². The minimum absolute atomic E-state index is 0.572. The van der Waals surface area contributed by atoms with Gasteiger partial charge in [0.1, 0.15) is 0 Å². The van der Waals surface area contributed by atoms with Crippen LogP contribution in [0.3, 0.4) is 0 Å². The van der Waals surface area contributed by atoms with E-state index in [1.165, 1.54) is 0 Å². The molecule has 0 spiro atoms. The normalized spacial score (nSPS) is 18.7. The molecule has 1 saturated heterocycles. The summed E-state index contributed by atoms with van der Waals surface area (Å²) < 4.78 is 5.35. The molecule has 0 bridgehead atoms. The van der Waals surface area contributed by atoms with Gasteiger partial charge >= 0.3 is 5.97 Å². The SMILES string of the molecule is CC1(C(=O)O)CCN(Cc2csc(-c3ccco3)n2)CC1. The summed E-state index contributed by atoms with van der Waals surface area (Å²) in [6.45, 7) is 4.21. The Morgan fingerprint density at radius 1 is 1.52 bits per heavy atom. The first kappa shape index (κ1) is 14.3. The summed E-state index contributed by atoms with van der Waals surface area (Å²) in [6, 6.07) is 3.76. The Labute approximate surface area is 127 Å². The maximum atomic E-state index is 11.2. The molecule has 0 aliphatic carbocycles. The number of likely N-dealkylation sites (tertiary alicyclic amines) is 1. The van der Waals surface area contributed by atoms with E-state index in [2.05, 4.69) is 9.88 Å². The summed E-state index contributed by atoms with van der Waals surface area (Å²) in [5.41, 5.74) is 0.447. The second kappa shape index (κ2) is 5.61. The van der Waals surface area contributed by atoms with Gasteiger partial charge in [0.05, 0.1) is 17.4 Å². The molecule has 3 heterocycles. The molecule has 0 unspecified atom stereocenters. The Morgan fingerprint density at radius 3 is 2.90 bits per heavy atom. The Balaban J connectivity index is 1.60. The summed E-state index contributed by atoms with van der Waals surface area (Å²) >= 11 is 1.57. The van der Waals surface area contributed by atoms with E-state index in [0.29, 0.717) is 12.8 Å². The number of furan rings is 1. The molecule has 1 N–H and O–H groups in total. The van der Waals surface area contributed by atoms with Crippen LogP contribution in [0.1, 0.15) is 25.5 Å². The first-order valence-electron chi connectivity index (χ1n) is 7.01. The van der Waals surface area contributed by atoms with Crippen molar-refractivity contribution in [3.8, 4) is 10.8 Å². The number of nitrogens with zero attached hydrogens (tertiary/aromatic N) is 2. The molecule has 0 amide bonds.